The van der Waals surface area contributed by atoms with Crippen LogP contribution >= 0.6 is 0 Å². The normalized spacial score (nSPS) is 23.4. The summed E-state index contributed by atoms with van der Waals surface area (Å²) < 4.78 is 27.1. The Morgan fingerprint density at radius 3 is 2.95 bits per heavy atom. The number of aliphatic hydroxyl groups is 1. The Labute approximate surface area is 126 Å². The van der Waals surface area contributed by atoms with Crippen LogP contribution in [0.25, 0.3) is 0 Å². The van der Waals surface area contributed by atoms with E-state index in [0.717, 1.165) is 12.8 Å². The smallest absolute Gasteiger partial charge is 0.247 e. The molecule has 1 fully saturated rings. The molecule has 0 amide bonds. The van der Waals surface area contributed by atoms with E-state index in [1.807, 2.05) is 13.8 Å². The van der Waals surface area contributed by atoms with E-state index in [-0.39, 0.29) is 23.5 Å². The van der Waals surface area contributed by atoms with Gasteiger partial charge in [0.2, 0.25) is 10.0 Å². The van der Waals surface area contributed by atoms with Crippen molar-refractivity contribution in [3.8, 4) is 0 Å². The fourth-order valence-electron chi connectivity index (χ4n) is 2.64. The predicted octanol–water partition coefficient (Wildman–Crippen LogP) is 1.29. The maximum Gasteiger partial charge on any atom is 0.247 e. The van der Waals surface area contributed by atoms with Crippen molar-refractivity contribution in [3.05, 3.63) is 18.3 Å². The van der Waals surface area contributed by atoms with Crippen molar-refractivity contribution >= 4 is 15.8 Å². The standard InChI is InChI=1S/C14H23N3O3S/c1-3-7-15-14-13(5-4-8-16-14)21(19,20)17-9-6-11(2)12(17)10-18/h4-5,8,11-12,18H,3,6-7,9-10H2,1-2H3,(H,15,16). The monoisotopic (exact) mass is 313 g/mol. The van der Waals surface area contributed by atoms with Crippen LogP contribution in [0, 0.1) is 5.92 Å². The molecule has 0 spiro atoms. The van der Waals surface area contributed by atoms with E-state index in [2.05, 4.69) is 10.3 Å². The molecule has 1 aromatic rings. The molecule has 1 aliphatic rings. The first kappa shape index (κ1) is 16.2. The van der Waals surface area contributed by atoms with Gasteiger partial charge in [-0.1, -0.05) is 13.8 Å². The molecule has 2 N–H and O–H groups in total. The second-order valence-electron chi connectivity index (χ2n) is 5.41. The molecule has 7 heteroatoms. The van der Waals surface area contributed by atoms with Gasteiger partial charge in [-0.2, -0.15) is 4.31 Å². The third kappa shape index (κ3) is 3.20. The molecule has 1 aromatic heterocycles. The fraction of sp³-hybridized carbons (Fsp3) is 0.643. The van der Waals surface area contributed by atoms with Crippen LogP contribution < -0.4 is 5.32 Å². The van der Waals surface area contributed by atoms with Crippen LogP contribution in [0.5, 0.6) is 0 Å². The lowest BCUT2D eigenvalue weighted by atomic mass is 10.0. The van der Waals surface area contributed by atoms with Crippen LogP contribution in [0.2, 0.25) is 0 Å². The van der Waals surface area contributed by atoms with Gasteiger partial charge in [0.15, 0.2) is 0 Å². The van der Waals surface area contributed by atoms with Crippen LogP contribution in [-0.4, -0.2) is 48.6 Å². The highest BCUT2D eigenvalue weighted by molar-refractivity contribution is 7.89. The SMILES string of the molecule is CCCNc1ncccc1S(=O)(=O)N1CCC(C)C1CO. The lowest BCUT2D eigenvalue weighted by Crippen LogP contribution is -2.40. The summed E-state index contributed by atoms with van der Waals surface area (Å²) in [5.74, 6) is 0.545. The Kier molecular flexibility index (Phi) is 5.18. The van der Waals surface area contributed by atoms with Crippen molar-refractivity contribution in [2.24, 2.45) is 5.92 Å². The van der Waals surface area contributed by atoms with E-state index >= 15 is 0 Å². The Morgan fingerprint density at radius 2 is 2.29 bits per heavy atom. The van der Waals surface area contributed by atoms with Crippen LogP contribution in [0.4, 0.5) is 5.82 Å². The summed E-state index contributed by atoms with van der Waals surface area (Å²) in [6, 6.07) is 2.84. The molecule has 1 saturated heterocycles. The number of anilines is 1. The molecule has 2 heterocycles. The number of aliphatic hydroxyl groups excluding tert-OH is 1. The highest BCUT2D eigenvalue weighted by Gasteiger charge is 2.40. The first-order valence-electron chi connectivity index (χ1n) is 7.34. The summed E-state index contributed by atoms with van der Waals surface area (Å²) in [4.78, 5) is 4.33. The highest BCUT2D eigenvalue weighted by Crippen LogP contribution is 2.31. The minimum atomic E-state index is -3.65. The third-order valence-electron chi connectivity index (χ3n) is 3.92. The predicted molar refractivity (Wildman–Crippen MR) is 81.6 cm³/mol. The minimum absolute atomic E-state index is 0.154. The topological polar surface area (TPSA) is 82.5 Å². The van der Waals surface area contributed by atoms with Gasteiger partial charge in [-0.15, -0.1) is 0 Å². The van der Waals surface area contributed by atoms with Crippen molar-refractivity contribution in [2.45, 2.75) is 37.6 Å². The largest absolute Gasteiger partial charge is 0.395 e. The summed E-state index contributed by atoms with van der Waals surface area (Å²) >= 11 is 0. The fourth-order valence-corrected chi connectivity index (χ4v) is 4.49. The Balaban J connectivity index is 2.36. The molecule has 0 radical (unpaired) electrons. The quantitative estimate of drug-likeness (QED) is 0.827. The molecule has 0 aromatic carbocycles. The second-order valence-corrected chi connectivity index (χ2v) is 7.27. The molecule has 118 valence electrons. The zero-order valence-corrected chi connectivity index (χ0v) is 13.3. The van der Waals surface area contributed by atoms with Gasteiger partial charge < -0.3 is 10.4 Å². The average molecular weight is 313 g/mol. The summed E-state index contributed by atoms with van der Waals surface area (Å²) in [5.41, 5.74) is 0. The van der Waals surface area contributed by atoms with Gasteiger partial charge in [0, 0.05) is 19.3 Å². The molecule has 2 atom stereocenters. The van der Waals surface area contributed by atoms with Crippen LogP contribution in [0.1, 0.15) is 26.7 Å². The van der Waals surface area contributed by atoms with Gasteiger partial charge >= 0.3 is 0 Å². The Hall–Kier alpha value is -1.18. The molecule has 0 saturated carbocycles. The molecular formula is C14H23N3O3S. The molecule has 21 heavy (non-hydrogen) atoms. The van der Waals surface area contributed by atoms with Crippen molar-refractivity contribution in [1.82, 2.24) is 9.29 Å². The minimum Gasteiger partial charge on any atom is -0.395 e. The summed E-state index contributed by atoms with van der Waals surface area (Å²) in [5, 5.41) is 12.5. The first-order valence-corrected chi connectivity index (χ1v) is 8.78. The number of aromatic nitrogens is 1. The second kappa shape index (κ2) is 6.72. The number of nitrogens with one attached hydrogen (secondary N) is 1. The molecule has 6 nitrogen and oxygen atoms in total. The van der Waals surface area contributed by atoms with Crippen molar-refractivity contribution in [3.63, 3.8) is 0 Å². The summed E-state index contributed by atoms with van der Waals surface area (Å²) in [7, 11) is -3.65. The van der Waals surface area contributed by atoms with Gasteiger partial charge in [-0.25, -0.2) is 13.4 Å². The van der Waals surface area contributed by atoms with Crippen LogP contribution in [0.15, 0.2) is 23.2 Å². The van der Waals surface area contributed by atoms with E-state index in [1.54, 1.807) is 18.3 Å². The van der Waals surface area contributed by atoms with E-state index in [1.165, 1.54) is 4.31 Å². The highest BCUT2D eigenvalue weighted by atomic mass is 32.2. The number of hydrogen-bond donors (Lipinski definition) is 2. The van der Waals surface area contributed by atoms with Crippen molar-refractivity contribution in [1.29, 1.82) is 0 Å². The number of pyridine rings is 1. The van der Waals surface area contributed by atoms with Gasteiger partial charge in [0.25, 0.3) is 0 Å². The van der Waals surface area contributed by atoms with Crippen molar-refractivity contribution in [2.75, 3.05) is 25.0 Å². The molecule has 1 aliphatic heterocycles. The maximum absolute atomic E-state index is 12.9. The third-order valence-corrected chi connectivity index (χ3v) is 5.87. The number of nitrogens with zero attached hydrogens (tertiary/aromatic N) is 2. The van der Waals surface area contributed by atoms with E-state index in [0.29, 0.717) is 18.9 Å². The number of sulfonamides is 1. The Morgan fingerprint density at radius 1 is 1.52 bits per heavy atom. The van der Waals surface area contributed by atoms with Crippen molar-refractivity contribution < 1.29 is 13.5 Å². The lowest BCUT2D eigenvalue weighted by Gasteiger charge is -2.25. The van der Waals surface area contributed by atoms with Gasteiger partial charge in [-0.05, 0) is 30.9 Å². The van der Waals surface area contributed by atoms with E-state index < -0.39 is 10.0 Å². The molecule has 0 bridgehead atoms. The van der Waals surface area contributed by atoms with Gasteiger partial charge in [-0.3, -0.25) is 0 Å². The van der Waals surface area contributed by atoms with E-state index in [4.69, 9.17) is 0 Å². The van der Waals surface area contributed by atoms with Crippen LogP contribution in [-0.2, 0) is 10.0 Å². The zero-order chi connectivity index (χ0) is 15.5. The molecule has 2 unspecified atom stereocenters. The summed E-state index contributed by atoms with van der Waals surface area (Å²) in [6.45, 7) is 4.93. The molecule has 2 rings (SSSR count). The van der Waals surface area contributed by atoms with E-state index in [9.17, 15) is 13.5 Å². The van der Waals surface area contributed by atoms with Gasteiger partial charge in [0.1, 0.15) is 10.7 Å². The Bertz CT molecular complexity index is 577. The average Bonchev–Trinajstić information content (AvgIpc) is 2.87. The number of hydrogen-bond acceptors (Lipinski definition) is 5. The first-order chi connectivity index (χ1) is 10.0. The summed E-state index contributed by atoms with van der Waals surface area (Å²) in [6.07, 6.45) is 3.23. The number of rotatable bonds is 6. The lowest BCUT2D eigenvalue weighted by molar-refractivity contribution is 0.191. The van der Waals surface area contributed by atoms with Gasteiger partial charge in [0.05, 0.1) is 12.6 Å². The molecular weight excluding hydrogens is 290 g/mol. The van der Waals surface area contributed by atoms with Crippen LogP contribution in [0.3, 0.4) is 0 Å². The maximum atomic E-state index is 12.9. The molecule has 0 aliphatic carbocycles. The zero-order valence-electron chi connectivity index (χ0n) is 12.5.